The maximum Gasteiger partial charge on any atom is 0.251 e. The first-order valence-electron chi connectivity index (χ1n) is 5.70. The van der Waals surface area contributed by atoms with Crippen molar-refractivity contribution in [2.75, 3.05) is 6.54 Å². The zero-order valence-electron chi connectivity index (χ0n) is 10.2. The number of nitrogens with one attached hydrogen (secondary N) is 1. The predicted molar refractivity (Wildman–Crippen MR) is 65.5 cm³/mol. The molecule has 0 aromatic heterocycles. The van der Waals surface area contributed by atoms with E-state index in [2.05, 4.69) is 5.32 Å². The SMILES string of the molecule is CC(C)C(O)CNC(=O)c1ccc(CO)cc1. The number of benzene rings is 1. The van der Waals surface area contributed by atoms with Crippen LogP contribution in [0.4, 0.5) is 0 Å². The van der Waals surface area contributed by atoms with Gasteiger partial charge in [-0.2, -0.15) is 0 Å². The number of aliphatic hydroxyl groups excluding tert-OH is 2. The highest BCUT2D eigenvalue weighted by Gasteiger charge is 2.11. The Hall–Kier alpha value is -1.39. The van der Waals surface area contributed by atoms with Gasteiger partial charge in [-0.1, -0.05) is 26.0 Å². The molecular weight excluding hydrogens is 218 g/mol. The summed E-state index contributed by atoms with van der Waals surface area (Å²) in [6.45, 7) is 4.01. The second-order valence-corrected chi connectivity index (χ2v) is 4.38. The standard InChI is InChI=1S/C13H19NO3/c1-9(2)12(16)7-14-13(17)11-5-3-10(8-15)4-6-11/h3-6,9,12,15-16H,7-8H2,1-2H3,(H,14,17). The Morgan fingerprint density at radius 3 is 2.35 bits per heavy atom. The number of amides is 1. The number of hydrogen-bond donors (Lipinski definition) is 3. The van der Waals surface area contributed by atoms with Gasteiger partial charge in [0, 0.05) is 12.1 Å². The molecular formula is C13H19NO3. The minimum absolute atomic E-state index is 0.0338. The molecule has 1 rings (SSSR count). The third-order valence-corrected chi connectivity index (χ3v) is 2.64. The van der Waals surface area contributed by atoms with Gasteiger partial charge in [0.05, 0.1) is 12.7 Å². The van der Waals surface area contributed by atoms with Crippen molar-refractivity contribution in [3.63, 3.8) is 0 Å². The van der Waals surface area contributed by atoms with E-state index in [4.69, 9.17) is 5.11 Å². The van der Waals surface area contributed by atoms with Gasteiger partial charge in [-0.05, 0) is 23.6 Å². The van der Waals surface area contributed by atoms with E-state index in [9.17, 15) is 9.90 Å². The summed E-state index contributed by atoms with van der Waals surface area (Å²) in [7, 11) is 0. The lowest BCUT2D eigenvalue weighted by molar-refractivity contribution is 0.0871. The van der Waals surface area contributed by atoms with Crippen molar-refractivity contribution < 1.29 is 15.0 Å². The molecule has 3 N–H and O–H groups in total. The zero-order valence-corrected chi connectivity index (χ0v) is 10.2. The van der Waals surface area contributed by atoms with Gasteiger partial charge in [0.25, 0.3) is 5.91 Å². The van der Waals surface area contributed by atoms with E-state index in [0.717, 1.165) is 5.56 Å². The maximum atomic E-state index is 11.7. The first-order chi connectivity index (χ1) is 8.04. The topological polar surface area (TPSA) is 69.6 Å². The summed E-state index contributed by atoms with van der Waals surface area (Å²) < 4.78 is 0. The molecule has 4 heteroatoms. The smallest absolute Gasteiger partial charge is 0.251 e. The molecule has 1 unspecified atom stereocenters. The highest BCUT2D eigenvalue weighted by atomic mass is 16.3. The van der Waals surface area contributed by atoms with Crippen molar-refractivity contribution in [1.82, 2.24) is 5.32 Å². The fourth-order valence-corrected chi connectivity index (χ4v) is 1.30. The highest BCUT2D eigenvalue weighted by molar-refractivity contribution is 5.94. The second kappa shape index (κ2) is 6.37. The Morgan fingerprint density at radius 2 is 1.88 bits per heavy atom. The molecule has 1 aromatic carbocycles. The Bertz CT molecular complexity index is 359. The van der Waals surface area contributed by atoms with E-state index < -0.39 is 6.10 Å². The molecule has 0 aliphatic heterocycles. The van der Waals surface area contributed by atoms with Crippen LogP contribution in [0.5, 0.6) is 0 Å². The molecule has 0 aliphatic rings. The Kier molecular flexibility index (Phi) is 5.12. The van der Waals surface area contributed by atoms with Crippen molar-refractivity contribution in [2.45, 2.75) is 26.6 Å². The van der Waals surface area contributed by atoms with Crippen LogP contribution in [0.15, 0.2) is 24.3 Å². The Labute approximate surface area is 101 Å². The molecule has 4 nitrogen and oxygen atoms in total. The molecule has 1 amide bonds. The zero-order chi connectivity index (χ0) is 12.8. The Morgan fingerprint density at radius 1 is 1.29 bits per heavy atom. The molecule has 0 radical (unpaired) electrons. The molecule has 0 saturated heterocycles. The van der Waals surface area contributed by atoms with Crippen LogP contribution in [-0.4, -0.2) is 28.8 Å². The van der Waals surface area contributed by atoms with Crippen LogP contribution >= 0.6 is 0 Å². The van der Waals surface area contributed by atoms with E-state index in [1.165, 1.54) is 0 Å². The molecule has 0 aliphatic carbocycles. The van der Waals surface area contributed by atoms with Gasteiger partial charge < -0.3 is 15.5 Å². The second-order valence-electron chi connectivity index (χ2n) is 4.38. The normalized spacial score (nSPS) is 12.5. The first kappa shape index (κ1) is 13.7. The lowest BCUT2D eigenvalue weighted by Gasteiger charge is -2.15. The van der Waals surface area contributed by atoms with E-state index in [1.54, 1.807) is 24.3 Å². The van der Waals surface area contributed by atoms with Crippen molar-refractivity contribution in [2.24, 2.45) is 5.92 Å². The molecule has 1 atom stereocenters. The van der Waals surface area contributed by atoms with Gasteiger partial charge in [-0.15, -0.1) is 0 Å². The summed E-state index contributed by atoms with van der Waals surface area (Å²) >= 11 is 0. The predicted octanol–water partition coefficient (Wildman–Crippen LogP) is 0.926. The van der Waals surface area contributed by atoms with Crippen molar-refractivity contribution in [3.05, 3.63) is 35.4 Å². The van der Waals surface area contributed by atoms with Crippen LogP contribution < -0.4 is 5.32 Å². The summed E-state index contributed by atoms with van der Waals surface area (Å²) in [6, 6.07) is 6.72. The lowest BCUT2D eigenvalue weighted by atomic mass is 10.1. The fraction of sp³-hybridized carbons (Fsp3) is 0.462. The third kappa shape index (κ3) is 4.17. The number of rotatable bonds is 5. The van der Waals surface area contributed by atoms with E-state index >= 15 is 0 Å². The molecule has 94 valence electrons. The van der Waals surface area contributed by atoms with Crippen molar-refractivity contribution in [1.29, 1.82) is 0 Å². The molecule has 0 saturated carbocycles. The van der Waals surface area contributed by atoms with Gasteiger partial charge in [-0.25, -0.2) is 0 Å². The van der Waals surface area contributed by atoms with Gasteiger partial charge in [0.2, 0.25) is 0 Å². The maximum absolute atomic E-state index is 11.7. The largest absolute Gasteiger partial charge is 0.392 e. The lowest BCUT2D eigenvalue weighted by Crippen LogP contribution is -2.34. The summed E-state index contributed by atoms with van der Waals surface area (Å²) in [4.78, 5) is 11.7. The van der Waals surface area contributed by atoms with Crippen molar-refractivity contribution >= 4 is 5.91 Å². The molecule has 1 aromatic rings. The van der Waals surface area contributed by atoms with Crippen LogP contribution in [0.2, 0.25) is 0 Å². The van der Waals surface area contributed by atoms with Gasteiger partial charge >= 0.3 is 0 Å². The summed E-state index contributed by atoms with van der Waals surface area (Å²) in [5.41, 5.74) is 1.29. The van der Waals surface area contributed by atoms with Crippen LogP contribution in [0.25, 0.3) is 0 Å². The van der Waals surface area contributed by atoms with E-state index in [-0.39, 0.29) is 25.0 Å². The van der Waals surface area contributed by atoms with Crippen LogP contribution in [-0.2, 0) is 6.61 Å². The van der Waals surface area contributed by atoms with Crippen LogP contribution in [0.1, 0.15) is 29.8 Å². The molecule has 0 bridgehead atoms. The summed E-state index contributed by atoms with van der Waals surface area (Å²) in [5.74, 6) is -0.0961. The molecule has 17 heavy (non-hydrogen) atoms. The van der Waals surface area contributed by atoms with Gasteiger partial charge in [-0.3, -0.25) is 4.79 Å². The monoisotopic (exact) mass is 237 g/mol. The average molecular weight is 237 g/mol. The van der Waals surface area contributed by atoms with Crippen LogP contribution in [0.3, 0.4) is 0 Å². The van der Waals surface area contributed by atoms with E-state index in [0.29, 0.717) is 5.56 Å². The minimum Gasteiger partial charge on any atom is -0.392 e. The fourth-order valence-electron chi connectivity index (χ4n) is 1.30. The number of carbonyl (C=O) groups excluding carboxylic acids is 1. The number of aliphatic hydroxyl groups is 2. The molecule has 0 fully saturated rings. The first-order valence-corrected chi connectivity index (χ1v) is 5.70. The third-order valence-electron chi connectivity index (χ3n) is 2.64. The minimum atomic E-state index is -0.532. The van der Waals surface area contributed by atoms with Crippen LogP contribution in [0, 0.1) is 5.92 Å². The van der Waals surface area contributed by atoms with Gasteiger partial charge in [0.1, 0.15) is 0 Å². The average Bonchev–Trinajstić information content (AvgIpc) is 2.35. The Balaban J connectivity index is 2.52. The molecule has 0 heterocycles. The summed E-state index contributed by atoms with van der Waals surface area (Å²) in [5, 5.41) is 21.1. The van der Waals surface area contributed by atoms with Gasteiger partial charge in [0.15, 0.2) is 0 Å². The highest BCUT2D eigenvalue weighted by Crippen LogP contribution is 2.05. The molecule has 0 spiro atoms. The van der Waals surface area contributed by atoms with E-state index in [1.807, 2.05) is 13.8 Å². The number of hydrogen-bond acceptors (Lipinski definition) is 3. The van der Waals surface area contributed by atoms with Crippen molar-refractivity contribution in [3.8, 4) is 0 Å². The quantitative estimate of drug-likeness (QED) is 0.713. The number of carbonyl (C=O) groups is 1. The summed E-state index contributed by atoms with van der Waals surface area (Å²) in [6.07, 6.45) is -0.532.